The number of amides is 3. The number of nitrogens with two attached hydrogens (primary N) is 2. The third kappa shape index (κ3) is 8.88. The number of hydrogen-bond acceptors (Lipinski definition) is 7. The predicted octanol–water partition coefficient (Wildman–Crippen LogP) is 0.328. The molecule has 10 N–H and O–H groups in total. The number of carbonyl (C=O) groups is 4. The first-order valence-electron chi connectivity index (χ1n) is 13.7. The molecule has 13 nitrogen and oxygen atoms in total. The van der Waals surface area contributed by atoms with Gasteiger partial charge in [-0.15, -0.1) is 0 Å². The molecule has 0 aliphatic carbocycles. The molecular weight excluding hydrogens is 528 g/mol. The Balaban J connectivity index is 1.85. The van der Waals surface area contributed by atoms with Crippen LogP contribution in [-0.4, -0.2) is 74.5 Å². The molecule has 222 valence electrons. The van der Waals surface area contributed by atoms with Crippen molar-refractivity contribution < 1.29 is 24.3 Å². The summed E-state index contributed by atoms with van der Waals surface area (Å²) in [6.07, 6.45) is 6.18. The van der Waals surface area contributed by atoms with Crippen molar-refractivity contribution in [2.45, 2.75) is 70.1 Å². The number of carboxylic acids is 1. The summed E-state index contributed by atoms with van der Waals surface area (Å²) < 4.78 is 0. The second-order valence-electron chi connectivity index (χ2n) is 10.4. The van der Waals surface area contributed by atoms with E-state index in [0.717, 1.165) is 16.5 Å². The number of nitrogens with one attached hydrogen (secondary N) is 5. The molecule has 1 aromatic carbocycles. The van der Waals surface area contributed by atoms with Crippen molar-refractivity contribution in [3.63, 3.8) is 0 Å². The van der Waals surface area contributed by atoms with E-state index in [1.807, 2.05) is 24.3 Å². The van der Waals surface area contributed by atoms with Crippen molar-refractivity contribution in [3.8, 4) is 0 Å². The Morgan fingerprint density at radius 1 is 0.927 bits per heavy atom. The van der Waals surface area contributed by atoms with Crippen LogP contribution in [0.15, 0.2) is 43.0 Å². The number of carbonyl (C=O) groups excluding carboxylic acids is 3. The van der Waals surface area contributed by atoms with Crippen LogP contribution in [0.5, 0.6) is 0 Å². The van der Waals surface area contributed by atoms with Crippen LogP contribution in [0, 0.1) is 5.92 Å². The number of para-hydroxylation sites is 1. The molecule has 0 aliphatic rings. The van der Waals surface area contributed by atoms with E-state index in [4.69, 9.17) is 11.5 Å². The van der Waals surface area contributed by atoms with Crippen LogP contribution in [-0.2, 0) is 32.0 Å². The fraction of sp³-hybridized carbons (Fsp3) is 0.464. The second-order valence-corrected chi connectivity index (χ2v) is 10.4. The summed E-state index contributed by atoms with van der Waals surface area (Å²) in [6.45, 7) is 4.01. The smallest absolute Gasteiger partial charge is 0.326 e. The van der Waals surface area contributed by atoms with Crippen LogP contribution in [0.2, 0.25) is 0 Å². The highest BCUT2D eigenvalue weighted by Crippen LogP contribution is 2.19. The second kappa shape index (κ2) is 15.0. The number of H-pyrrole nitrogens is 2. The zero-order chi connectivity index (χ0) is 29.9. The Hall–Kier alpha value is -4.23. The first-order chi connectivity index (χ1) is 19.6. The summed E-state index contributed by atoms with van der Waals surface area (Å²) in [5.74, 6) is -3.15. The highest BCUT2D eigenvalue weighted by atomic mass is 16.4. The standard InChI is InChI=1S/C28H40N8O5/c1-16(2)24(30)27(39)36-22(11-17-13-32-20-8-4-3-7-19(17)20)25(37)35-23(12-18-14-31-15-33-18)26(38)34-21(28(40)41)9-5-6-10-29/h3-4,7-8,13-16,21-24,32H,5-6,9-12,29-30H2,1-2H3,(H,31,33)(H,34,38)(H,35,37)(H,36,39)(H,40,41). The minimum absolute atomic E-state index is 0.0198. The van der Waals surface area contributed by atoms with Gasteiger partial charge in [0.05, 0.1) is 12.4 Å². The van der Waals surface area contributed by atoms with Gasteiger partial charge in [-0.3, -0.25) is 14.4 Å². The van der Waals surface area contributed by atoms with Crippen molar-refractivity contribution in [3.05, 3.63) is 54.2 Å². The van der Waals surface area contributed by atoms with Crippen LogP contribution in [0.4, 0.5) is 0 Å². The van der Waals surface area contributed by atoms with E-state index in [9.17, 15) is 24.3 Å². The molecule has 2 aromatic heterocycles. The molecule has 2 heterocycles. The number of imidazole rings is 1. The number of aromatic nitrogens is 3. The lowest BCUT2D eigenvalue weighted by atomic mass is 10.0. The van der Waals surface area contributed by atoms with Gasteiger partial charge in [-0.05, 0) is 43.4 Å². The summed E-state index contributed by atoms with van der Waals surface area (Å²) in [4.78, 5) is 61.8. The summed E-state index contributed by atoms with van der Waals surface area (Å²) in [5, 5.41) is 18.5. The molecule has 3 aromatic rings. The van der Waals surface area contributed by atoms with Crippen molar-refractivity contribution >= 4 is 34.6 Å². The van der Waals surface area contributed by atoms with E-state index in [0.29, 0.717) is 25.1 Å². The molecule has 3 rings (SSSR count). The largest absolute Gasteiger partial charge is 0.480 e. The van der Waals surface area contributed by atoms with Gasteiger partial charge in [0.25, 0.3) is 0 Å². The molecular formula is C28H40N8O5. The Morgan fingerprint density at radius 2 is 1.59 bits per heavy atom. The number of fused-ring (bicyclic) bond motifs is 1. The predicted molar refractivity (Wildman–Crippen MR) is 153 cm³/mol. The quantitative estimate of drug-likeness (QED) is 0.112. The average molecular weight is 569 g/mol. The lowest BCUT2D eigenvalue weighted by Crippen LogP contribution is -2.58. The van der Waals surface area contributed by atoms with Crippen molar-refractivity contribution in [2.24, 2.45) is 17.4 Å². The molecule has 4 atom stereocenters. The topological polar surface area (TPSA) is 221 Å². The molecule has 13 heteroatoms. The minimum atomic E-state index is -1.19. The molecule has 0 bridgehead atoms. The van der Waals surface area contributed by atoms with E-state index in [2.05, 4.69) is 30.9 Å². The van der Waals surface area contributed by atoms with Gasteiger partial charge < -0.3 is 42.5 Å². The molecule has 41 heavy (non-hydrogen) atoms. The highest BCUT2D eigenvalue weighted by molar-refractivity contribution is 5.95. The van der Waals surface area contributed by atoms with E-state index in [1.54, 1.807) is 20.0 Å². The van der Waals surface area contributed by atoms with Crippen LogP contribution < -0.4 is 27.4 Å². The number of aromatic amines is 2. The molecule has 0 spiro atoms. The maximum atomic E-state index is 13.7. The van der Waals surface area contributed by atoms with Gasteiger partial charge in [-0.25, -0.2) is 9.78 Å². The fourth-order valence-electron chi connectivity index (χ4n) is 4.42. The van der Waals surface area contributed by atoms with E-state index < -0.39 is 47.9 Å². The Bertz CT molecular complexity index is 1310. The molecule has 0 saturated carbocycles. The Kier molecular flexibility index (Phi) is 11.4. The van der Waals surface area contributed by atoms with Gasteiger partial charge >= 0.3 is 5.97 Å². The third-order valence-electron chi connectivity index (χ3n) is 6.93. The van der Waals surface area contributed by atoms with E-state index >= 15 is 0 Å². The number of nitrogens with zero attached hydrogens (tertiary/aromatic N) is 1. The highest BCUT2D eigenvalue weighted by Gasteiger charge is 2.31. The van der Waals surface area contributed by atoms with Gasteiger partial charge in [0.1, 0.15) is 18.1 Å². The van der Waals surface area contributed by atoms with Crippen LogP contribution in [0.3, 0.4) is 0 Å². The number of aliphatic carboxylic acids is 1. The van der Waals surface area contributed by atoms with Crippen molar-refractivity contribution in [1.29, 1.82) is 0 Å². The van der Waals surface area contributed by atoms with Gasteiger partial charge in [-0.1, -0.05) is 32.0 Å². The number of benzene rings is 1. The van der Waals surface area contributed by atoms with Gasteiger partial charge in [0.2, 0.25) is 17.7 Å². The molecule has 0 radical (unpaired) electrons. The minimum Gasteiger partial charge on any atom is -0.480 e. The van der Waals surface area contributed by atoms with Crippen LogP contribution in [0.1, 0.15) is 44.4 Å². The zero-order valence-corrected chi connectivity index (χ0v) is 23.4. The maximum Gasteiger partial charge on any atom is 0.326 e. The van der Waals surface area contributed by atoms with Crippen LogP contribution >= 0.6 is 0 Å². The summed E-state index contributed by atoms with van der Waals surface area (Å²) in [6, 6.07) is 3.35. The molecule has 0 fully saturated rings. The Labute approximate surface area is 238 Å². The van der Waals surface area contributed by atoms with Gasteiger partial charge in [-0.2, -0.15) is 0 Å². The maximum absolute atomic E-state index is 13.7. The zero-order valence-electron chi connectivity index (χ0n) is 23.4. The van der Waals surface area contributed by atoms with Gasteiger partial charge in [0.15, 0.2) is 0 Å². The van der Waals surface area contributed by atoms with Crippen molar-refractivity contribution in [1.82, 2.24) is 30.9 Å². The molecule has 0 aliphatic heterocycles. The molecule has 3 amide bonds. The monoisotopic (exact) mass is 568 g/mol. The lowest BCUT2D eigenvalue weighted by molar-refractivity contribution is -0.142. The van der Waals surface area contributed by atoms with Crippen LogP contribution in [0.25, 0.3) is 10.9 Å². The number of unbranched alkanes of at least 4 members (excludes halogenated alkanes) is 1. The van der Waals surface area contributed by atoms with E-state index in [1.165, 1.54) is 12.5 Å². The first kappa shape index (κ1) is 31.3. The first-order valence-corrected chi connectivity index (χ1v) is 13.7. The Morgan fingerprint density at radius 3 is 2.22 bits per heavy atom. The van der Waals surface area contributed by atoms with E-state index in [-0.39, 0.29) is 25.2 Å². The number of hydrogen-bond donors (Lipinski definition) is 8. The summed E-state index contributed by atoms with van der Waals surface area (Å²) in [7, 11) is 0. The molecule has 0 saturated heterocycles. The molecule has 4 unspecified atom stereocenters. The fourth-order valence-corrected chi connectivity index (χ4v) is 4.42. The average Bonchev–Trinajstić information content (AvgIpc) is 3.61. The number of rotatable bonds is 16. The SMILES string of the molecule is CC(C)C(N)C(=O)NC(Cc1c[nH]c2ccccc12)C(=O)NC(Cc1cnc[nH]1)C(=O)NC(CCCCN)C(=O)O. The summed E-state index contributed by atoms with van der Waals surface area (Å²) in [5.41, 5.74) is 13.8. The summed E-state index contributed by atoms with van der Waals surface area (Å²) >= 11 is 0. The third-order valence-corrected chi connectivity index (χ3v) is 6.93. The van der Waals surface area contributed by atoms with Gasteiger partial charge in [0, 0.05) is 41.8 Å². The number of carboxylic acid groups (broad SMARTS) is 1. The van der Waals surface area contributed by atoms with Crippen molar-refractivity contribution in [2.75, 3.05) is 6.54 Å². The lowest BCUT2D eigenvalue weighted by Gasteiger charge is -2.25. The normalized spacial score (nSPS) is 14.3.